The Kier molecular flexibility index (Phi) is 1.14. The molecule has 1 saturated heterocycles. The van der Waals surface area contributed by atoms with Crippen LogP contribution in [-0.2, 0) is 11.2 Å². The summed E-state index contributed by atoms with van der Waals surface area (Å²) in [5, 5.41) is 2.82. The van der Waals surface area contributed by atoms with E-state index in [0.29, 0.717) is 6.42 Å². The molecule has 1 N–H and O–H groups in total. The number of hydrogen-bond donors (Lipinski definition) is 1. The first-order chi connectivity index (χ1) is 6.25. The van der Waals surface area contributed by atoms with Gasteiger partial charge in [0.25, 0.3) is 0 Å². The number of benzene rings is 1. The van der Waals surface area contributed by atoms with Gasteiger partial charge in [0.05, 0.1) is 12.0 Å². The van der Waals surface area contributed by atoms with Crippen molar-refractivity contribution < 1.29 is 9.18 Å². The lowest BCUT2D eigenvalue weighted by atomic mass is 9.92. The summed E-state index contributed by atoms with van der Waals surface area (Å²) in [5.74, 6) is -0.0501. The molecule has 2 nitrogen and oxygen atoms in total. The van der Waals surface area contributed by atoms with Gasteiger partial charge in [-0.3, -0.25) is 4.79 Å². The molecule has 1 aliphatic heterocycles. The van der Waals surface area contributed by atoms with Gasteiger partial charge >= 0.3 is 0 Å². The van der Waals surface area contributed by atoms with Crippen LogP contribution in [0, 0.1) is 11.7 Å². The zero-order valence-electron chi connectivity index (χ0n) is 6.88. The molecule has 0 bridgehead atoms. The molecule has 2 atom stereocenters. The van der Waals surface area contributed by atoms with Crippen molar-refractivity contribution in [1.82, 2.24) is 5.32 Å². The topological polar surface area (TPSA) is 29.1 Å². The summed E-state index contributed by atoms with van der Waals surface area (Å²) in [7, 11) is 0. The molecule has 0 spiro atoms. The minimum Gasteiger partial charge on any atom is -0.348 e. The van der Waals surface area contributed by atoms with Gasteiger partial charge in [0.15, 0.2) is 0 Å². The van der Waals surface area contributed by atoms with Gasteiger partial charge in [0.2, 0.25) is 5.91 Å². The number of hydrogen-bond acceptors (Lipinski definition) is 1. The number of carbonyl (C=O) groups excluding carboxylic acids is 1. The van der Waals surface area contributed by atoms with E-state index in [0.717, 1.165) is 11.1 Å². The van der Waals surface area contributed by atoms with Crippen LogP contribution >= 0.6 is 0 Å². The van der Waals surface area contributed by atoms with Gasteiger partial charge in [-0.15, -0.1) is 0 Å². The van der Waals surface area contributed by atoms with Crippen LogP contribution in [0.3, 0.4) is 0 Å². The Morgan fingerprint density at radius 3 is 3.08 bits per heavy atom. The Labute approximate surface area is 74.8 Å². The zero-order chi connectivity index (χ0) is 9.00. The molecule has 2 aliphatic rings. The molecule has 1 aromatic rings. The third-order valence-electron chi connectivity index (χ3n) is 2.92. The van der Waals surface area contributed by atoms with Gasteiger partial charge in [-0.2, -0.15) is 0 Å². The largest absolute Gasteiger partial charge is 0.348 e. The van der Waals surface area contributed by atoms with Gasteiger partial charge in [-0.25, -0.2) is 4.39 Å². The van der Waals surface area contributed by atoms with Crippen molar-refractivity contribution in [2.45, 2.75) is 12.5 Å². The molecule has 1 heterocycles. The van der Waals surface area contributed by atoms with Crippen molar-refractivity contribution in [3.05, 3.63) is 35.1 Å². The van der Waals surface area contributed by atoms with Crippen LogP contribution in [0.15, 0.2) is 18.2 Å². The molecule has 13 heavy (non-hydrogen) atoms. The standard InChI is InChI=1S/C10H8FNO/c11-6-1-2-7-5(3-6)4-8-9(7)12-10(8)13/h1-3,8-9H,4H2,(H,12,13). The van der Waals surface area contributed by atoms with Crippen molar-refractivity contribution >= 4 is 5.91 Å². The molecule has 2 unspecified atom stereocenters. The summed E-state index contributed by atoms with van der Waals surface area (Å²) in [6.07, 6.45) is 0.698. The summed E-state index contributed by atoms with van der Waals surface area (Å²) in [6, 6.07) is 4.91. The van der Waals surface area contributed by atoms with Gasteiger partial charge in [0, 0.05) is 0 Å². The molecule has 3 rings (SSSR count). The Morgan fingerprint density at radius 1 is 1.46 bits per heavy atom. The Balaban J connectivity index is 2.09. The summed E-state index contributed by atoms with van der Waals surface area (Å²) < 4.78 is 12.8. The number of fused-ring (bicyclic) bond motifs is 3. The quantitative estimate of drug-likeness (QED) is 0.592. The van der Waals surface area contributed by atoms with Gasteiger partial charge in [-0.1, -0.05) is 6.07 Å². The second-order valence-electron chi connectivity index (χ2n) is 3.64. The smallest absolute Gasteiger partial charge is 0.226 e. The maximum absolute atomic E-state index is 12.8. The first-order valence-electron chi connectivity index (χ1n) is 4.34. The van der Waals surface area contributed by atoms with Crippen LogP contribution in [-0.4, -0.2) is 5.91 Å². The van der Waals surface area contributed by atoms with E-state index in [4.69, 9.17) is 0 Å². The zero-order valence-corrected chi connectivity index (χ0v) is 6.88. The van der Waals surface area contributed by atoms with E-state index in [1.165, 1.54) is 12.1 Å². The molecular weight excluding hydrogens is 169 g/mol. The highest BCUT2D eigenvalue weighted by Crippen LogP contribution is 2.41. The van der Waals surface area contributed by atoms with E-state index in [9.17, 15) is 9.18 Å². The molecule has 66 valence electrons. The third-order valence-corrected chi connectivity index (χ3v) is 2.92. The monoisotopic (exact) mass is 177 g/mol. The molecule has 0 aromatic heterocycles. The molecule has 1 aliphatic carbocycles. The molecular formula is C10H8FNO. The normalized spacial score (nSPS) is 28.8. The number of halogens is 1. The number of nitrogens with one attached hydrogen (secondary N) is 1. The Morgan fingerprint density at radius 2 is 2.31 bits per heavy atom. The molecule has 1 aromatic carbocycles. The van der Waals surface area contributed by atoms with Gasteiger partial charge in [0.1, 0.15) is 5.82 Å². The summed E-state index contributed by atoms with van der Waals surface area (Å²) in [5.41, 5.74) is 2.07. The lowest BCUT2D eigenvalue weighted by Crippen LogP contribution is -2.49. The predicted molar refractivity (Wildman–Crippen MR) is 44.5 cm³/mol. The predicted octanol–water partition coefficient (Wildman–Crippen LogP) is 1.17. The minimum atomic E-state index is -0.215. The highest BCUT2D eigenvalue weighted by Gasteiger charge is 2.45. The number of β-lactam (4-membered cyclic amide) rings is 1. The van der Waals surface area contributed by atoms with Crippen LogP contribution in [0.25, 0.3) is 0 Å². The van der Waals surface area contributed by atoms with E-state index >= 15 is 0 Å². The van der Waals surface area contributed by atoms with Crippen molar-refractivity contribution in [3.8, 4) is 0 Å². The first kappa shape index (κ1) is 7.06. The average Bonchev–Trinajstić information content (AvgIpc) is 2.39. The Bertz CT molecular complexity index is 402. The summed E-state index contributed by atoms with van der Waals surface area (Å²) >= 11 is 0. The number of carbonyl (C=O) groups is 1. The molecule has 0 saturated carbocycles. The summed E-state index contributed by atoms with van der Waals surface area (Å²) in [4.78, 5) is 11.1. The molecule has 1 fully saturated rings. The van der Waals surface area contributed by atoms with E-state index in [2.05, 4.69) is 5.32 Å². The maximum atomic E-state index is 12.8. The van der Waals surface area contributed by atoms with Crippen molar-refractivity contribution in [1.29, 1.82) is 0 Å². The number of amides is 1. The van der Waals surface area contributed by atoms with Crippen LogP contribution < -0.4 is 5.32 Å². The van der Waals surface area contributed by atoms with E-state index < -0.39 is 0 Å². The lowest BCUT2D eigenvalue weighted by molar-refractivity contribution is -0.134. The second kappa shape index (κ2) is 2.10. The lowest BCUT2D eigenvalue weighted by Gasteiger charge is -2.31. The van der Waals surface area contributed by atoms with Crippen molar-refractivity contribution in [2.24, 2.45) is 5.92 Å². The van der Waals surface area contributed by atoms with E-state index in [-0.39, 0.29) is 23.7 Å². The highest BCUT2D eigenvalue weighted by molar-refractivity contribution is 5.88. The average molecular weight is 177 g/mol. The third kappa shape index (κ3) is 0.789. The van der Waals surface area contributed by atoms with Gasteiger partial charge < -0.3 is 5.32 Å². The molecule has 3 heteroatoms. The first-order valence-corrected chi connectivity index (χ1v) is 4.34. The Hall–Kier alpha value is -1.38. The number of rotatable bonds is 0. The fraction of sp³-hybridized carbons (Fsp3) is 0.300. The van der Waals surface area contributed by atoms with Crippen molar-refractivity contribution in [3.63, 3.8) is 0 Å². The van der Waals surface area contributed by atoms with Crippen LogP contribution in [0.5, 0.6) is 0 Å². The van der Waals surface area contributed by atoms with Crippen LogP contribution in [0.1, 0.15) is 17.2 Å². The van der Waals surface area contributed by atoms with Gasteiger partial charge in [-0.05, 0) is 29.7 Å². The second-order valence-corrected chi connectivity index (χ2v) is 3.64. The molecule has 0 radical (unpaired) electrons. The molecule has 1 amide bonds. The fourth-order valence-corrected chi connectivity index (χ4v) is 2.21. The maximum Gasteiger partial charge on any atom is 0.226 e. The summed E-state index contributed by atoms with van der Waals surface area (Å²) in [6.45, 7) is 0. The highest BCUT2D eigenvalue weighted by atomic mass is 19.1. The fourth-order valence-electron chi connectivity index (χ4n) is 2.21. The van der Waals surface area contributed by atoms with Crippen LogP contribution in [0.4, 0.5) is 4.39 Å². The van der Waals surface area contributed by atoms with Crippen LogP contribution in [0.2, 0.25) is 0 Å². The minimum absolute atomic E-state index is 0.0665. The van der Waals surface area contributed by atoms with Crippen molar-refractivity contribution in [2.75, 3.05) is 0 Å². The van der Waals surface area contributed by atoms with E-state index in [1.807, 2.05) is 0 Å². The SMILES string of the molecule is O=C1NC2c3ccc(F)cc3CC12. The van der Waals surface area contributed by atoms with E-state index in [1.54, 1.807) is 6.07 Å².